The van der Waals surface area contributed by atoms with Crippen LogP contribution in [-0.2, 0) is 17.8 Å². The summed E-state index contributed by atoms with van der Waals surface area (Å²) in [5, 5.41) is 4.00. The van der Waals surface area contributed by atoms with Crippen LogP contribution in [0.15, 0.2) is 28.8 Å². The topological polar surface area (TPSA) is 59.2 Å². The normalized spacial score (nSPS) is 18.2. The van der Waals surface area contributed by atoms with Crippen LogP contribution in [0.2, 0.25) is 0 Å². The molecule has 3 rings (SSSR count). The van der Waals surface area contributed by atoms with E-state index in [1.54, 1.807) is 0 Å². The van der Waals surface area contributed by atoms with Crippen LogP contribution in [-0.4, -0.2) is 20.9 Å². The van der Waals surface area contributed by atoms with Gasteiger partial charge in [0.25, 0.3) is 0 Å². The minimum atomic E-state index is -0.0908. The average molecular weight is 299 g/mol. The molecule has 0 aliphatic carbocycles. The summed E-state index contributed by atoms with van der Waals surface area (Å²) in [6.45, 7) is 4.73. The fraction of sp³-hybridized carbons (Fsp3) is 0.471. The standard InChI is InChI=1S/C17H21N3O2/c1-3-4-15-18-17(22-19-15)14-9-10-16(21)20(14)11-13-7-5-12(2)6-8-13/h5-8,14H,3-4,9-11H2,1-2H3. The van der Waals surface area contributed by atoms with Gasteiger partial charge >= 0.3 is 0 Å². The highest BCUT2D eigenvalue weighted by Gasteiger charge is 2.35. The number of hydrogen-bond acceptors (Lipinski definition) is 4. The minimum absolute atomic E-state index is 0.0908. The average Bonchev–Trinajstić information content (AvgIpc) is 3.10. The molecule has 0 saturated carbocycles. The molecule has 116 valence electrons. The van der Waals surface area contributed by atoms with Gasteiger partial charge in [0.05, 0.1) is 0 Å². The van der Waals surface area contributed by atoms with Gasteiger partial charge in [-0.25, -0.2) is 0 Å². The Labute approximate surface area is 130 Å². The lowest BCUT2D eigenvalue weighted by Gasteiger charge is -2.22. The third kappa shape index (κ3) is 3.03. The Balaban J connectivity index is 1.77. The van der Waals surface area contributed by atoms with Crippen LogP contribution in [0.5, 0.6) is 0 Å². The second-order valence-corrected chi connectivity index (χ2v) is 5.86. The van der Waals surface area contributed by atoms with Crippen molar-refractivity contribution in [3.63, 3.8) is 0 Å². The van der Waals surface area contributed by atoms with Crippen LogP contribution < -0.4 is 0 Å². The van der Waals surface area contributed by atoms with E-state index in [4.69, 9.17) is 4.52 Å². The van der Waals surface area contributed by atoms with E-state index >= 15 is 0 Å². The summed E-state index contributed by atoms with van der Waals surface area (Å²) in [5.74, 6) is 1.45. The first-order valence-corrected chi connectivity index (χ1v) is 7.85. The fourth-order valence-corrected chi connectivity index (χ4v) is 2.81. The lowest BCUT2D eigenvalue weighted by atomic mass is 10.1. The van der Waals surface area contributed by atoms with Gasteiger partial charge in [0.1, 0.15) is 6.04 Å². The summed E-state index contributed by atoms with van der Waals surface area (Å²) < 4.78 is 5.38. The lowest BCUT2D eigenvalue weighted by Crippen LogP contribution is -2.27. The predicted molar refractivity (Wildman–Crippen MR) is 82.0 cm³/mol. The number of amides is 1. The molecule has 2 aromatic rings. The molecule has 22 heavy (non-hydrogen) atoms. The number of carbonyl (C=O) groups is 1. The van der Waals surface area contributed by atoms with Crippen LogP contribution in [0, 0.1) is 6.92 Å². The van der Waals surface area contributed by atoms with E-state index in [0.717, 1.165) is 30.7 Å². The molecular weight excluding hydrogens is 278 g/mol. The van der Waals surface area contributed by atoms with E-state index in [9.17, 15) is 4.79 Å². The molecule has 0 radical (unpaired) electrons. The van der Waals surface area contributed by atoms with Crippen LogP contribution in [0.3, 0.4) is 0 Å². The molecule has 0 spiro atoms. The SMILES string of the molecule is CCCc1noc(C2CCC(=O)N2Cc2ccc(C)cc2)n1. The maximum absolute atomic E-state index is 12.2. The molecule has 1 aromatic heterocycles. The number of rotatable bonds is 5. The number of likely N-dealkylation sites (tertiary alicyclic amines) is 1. The monoisotopic (exact) mass is 299 g/mol. The zero-order valence-corrected chi connectivity index (χ0v) is 13.1. The van der Waals surface area contributed by atoms with E-state index in [1.807, 2.05) is 4.90 Å². The number of hydrogen-bond donors (Lipinski definition) is 0. The van der Waals surface area contributed by atoms with Gasteiger partial charge in [-0.3, -0.25) is 4.79 Å². The van der Waals surface area contributed by atoms with Gasteiger partial charge in [-0.2, -0.15) is 4.98 Å². The van der Waals surface area contributed by atoms with Crippen molar-refractivity contribution >= 4 is 5.91 Å². The minimum Gasteiger partial charge on any atom is -0.337 e. The van der Waals surface area contributed by atoms with Gasteiger partial charge in [-0.15, -0.1) is 0 Å². The second-order valence-electron chi connectivity index (χ2n) is 5.86. The largest absolute Gasteiger partial charge is 0.337 e. The molecule has 1 fully saturated rings. The van der Waals surface area contributed by atoms with Crippen molar-refractivity contribution in [1.29, 1.82) is 0 Å². The van der Waals surface area contributed by atoms with Crippen LogP contribution in [0.4, 0.5) is 0 Å². The number of aromatic nitrogens is 2. The smallest absolute Gasteiger partial charge is 0.249 e. The van der Waals surface area contributed by atoms with Crippen molar-refractivity contribution in [3.8, 4) is 0 Å². The van der Waals surface area contributed by atoms with Crippen molar-refractivity contribution in [3.05, 3.63) is 47.1 Å². The molecular formula is C17H21N3O2. The Bertz CT molecular complexity index is 648. The van der Waals surface area contributed by atoms with E-state index in [0.29, 0.717) is 18.9 Å². The van der Waals surface area contributed by atoms with Gasteiger partial charge in [0.15, 0.2) is 5.82 Å². The zero-order valence-electron chi connectivity index (χ0n) is 13.1. The molecule has 0 bridgehead atoms. The third-order valence-electron chi connectivity index (χ3n) is 4.04. The first-order chi connectivity index (χ1) is 10.7. The summed E-state index contributed by atoms with van der Waals surface area (Å²) in [7, 11) is 0. The highest BCUT2D eigenvalue weighted by Crippen LogP contribution is 2.33. The number of aryl methyl sites for hydroxylation is 2. The molecule has 5 nitrogen and oxygen atoms in total. The van der Waals surface area contributed by atoms with Crippen molar-refractivity contribution in [2.75, 3.05) is 0 Å². The molecule has 1 atom stereocenters. The molecule has 1 amide bonds. The van der Waals surface area contributed by atoms with E-state index in [2.05, 4.69) is 48.3 Å². The summed E-state index contributed by atoms with van der Waals surface area (Å²) in [6.07, 6.45) is 3.08. The molecule has 1 unspecified atom stereocenters. The van der Waals surface area contributed by atoms with Crippen molar-refractivity contribution in [1.82, 2.24) is 15.0 Å². The molecule has 1 aromatic carbocycles. The molecule has 0 N–H and O–H groups in total. The lowest BCUT2D eigenvalue weighted by molar-refractivity contribution is -0.129. The van der Waals surface area contributed by atoms with Gasteiger partial charge in [-0.1, -0.05) is 41.9 Å². The Kier molecular flexibility index (Phi) is 4.22. The van der Waals surface area contributed by atoms with Crippen molar-refractivity contribution in [2.45, 2.75) is 52.1 Å². The Morgan fingerprint density at radius 3 is 2.82 bits per heavy atom. The Morgan fingerprint density at radius 2 is 2.09 bits per heavy atom. The summed E-state index contributed by atoms with van der Waals surface area (Å²) in [6, 6.07) is 8.17. The predicted octanol–water partition coefficient (Wildman–Crippen LogP) is 3.19. The Morgan fingerprint density at radius 1 is 1.32 bits per heavy atom. The molecule has 1 saturated heterocycles. The van der Waals surface area contributed by atoms with Crippen molar-refractivity contribution < 1.29 is 9.32 Å². The van der Waals surface area contributed by atoms with E-state index in [1.165, 1.54) is 5.56 Å². The number of nitrogens with zero attached hydrogens (tertiary/aromatic N) is 3. The van der Waals surface area contributed by atoms with Crippen LogP contribution in [0.25, 0.3) is 0 Å². The molecule has 1 aliphatic rings. The first kappa shape index (κ1) is 14.8. The first-order valence-electron chi connectivity index (χ1n) is 7.85. The zero-order chi connectivity index (χ0) is 15.5. The van der Waals surface area contributed by atoms with Crippen molar-refractivity contribution in [2.24, 2.45) is 0 Å². The maximum Gasteiger partial charge on any atom is 0.249 e. The van der Waals surface area contributed by atoms with Crippen LogP contribution in [0.1, 0.15) is 55.1 Å². The van der Waals surface area contributed by atoms with Gasteiger partial charge in [-0.05, 0) is 25.3 Å². The quantitative estimate of drug-likeness (QED) is 0.850. The Hall–Kier alpha value is -2.17. The summed E-state index contributed by atoms with van der Waals surface area (Å²) in [4.78, 5) is 18.5. The molecule has 2 heterocycles. The van der Waals surface area contributed by atoms with E-state index in [-0.39, 0.29) is 11.9 Å². The summed E-state index contributed by atoms with van der Waals surface area (Å²) >= 11 is 0. The third-order valence-corrected chi connectivity index (χ3v) is 4.04. The summed E-state index contributed by atoms with van der Waals surface area (Å²) in [5.41, 5.74) is 2.34. The van der Waals surface area contributed by atoms with Gasteiger partial charge in [0.2, 0.25) is 11.8 Å². The highest BCUT2D eigenvalue weighted by molar-refractivity contribution is 5.78. The van der Waals surface area contributed by atoms with Gasteiger partial charge in [0, 0.05) is 19.4 Å². The second kappa shape index (κ2) is 6.30. The van der Waals surface area contributed by atoms with E-state index < -0.39 is 0 Å². The maximum atomic E-state index is 12.2. The molecule has 5 heteroatoms. The van der Waals surface area contributed by atoms with Crippen LogP contribution >= 0.6 is 0 Å². The fourth-order valence-electron chi connectivity index (χ4n) is 2.81. The number of benzene rings is 1. The number of carbonyl (C=O) groups excluding carboxylic acids is 1. The molecule has 1 aliphatic heterocycles. The highest BCUT2D eigenvalue weighted by atomic mass is 16.5. The van der Waals surface area contributed by atoms with Gasteiger partial charge < -0.3 is 9.42 Å².